The summed E-state index contributed by atoms with van der Waals surface area (Å²) in [6.45, 7) is 4.29. The van der Waals surface area contributed by atoms with Gasteiger partial charge in [0.25, 0.3) is 0 Å². The molecule has 1 aromatic rings. The smallest absolute Gasteiger partial charge is 0.214 e. The maximum atomic E-state index is 13.5. The van der Waals surface area contributed by atoms with Crippen LogP contribution in [-0.4, -0.2) is 56.9 Å². The molecule has 2 aliphatic heterocycles. The van der Waals surface area contributed by atoms with Gasteiger partial charge in [0.2, 0.25) is 10.0 Å². The maximum Gasteiger partial charge on any atom is 0.214 e. The Kier molecular flexibility index (Phi) is 4.62. The highest BCUT2D eigenvalue weighted by Crippen LogP contribution is 2.32. The number of halogens is 1. The monoisotopic (exact) mass is 342 g/mol. The predicted octanol–water partition coefficient (Wildman–Crippen LogP) is 1.85. The van der Waals surface area contributed by atoms with Gasteiger partial charge in [-0.1, -0.05) is 6.07 Å². The molecule has 1 unspecified atom stereocenters. The number of hydrogen-bond acceptors (Lipinski definition) is 4. The molecule has 2 saturated heterocycles. The average molecular weight is 342 g/mol. The Labute approximate surface area is 137 Å². The van der Waals surface area contributed by atoms with Crippen molar-refractivity contribution in [3.05, 3.63) is 30.1 Å². The maximum absolute atomic E-state index is 13.5. The quantitative estimate of drug-likeness (QED) is 0.841. The fourth-order valence-electron chi connectivity index (χ4n) is 3.47. The molecule has 0 radical (unpaired) electrons. The van der Waals surface area contributed by atoms with Gasteiger partial charge in [0.05, 0.1) is 18.0 Å². The Bertz CT molecular complexity index is 663. The molecule has 5 nitrogen and oxygen atoms in total. The van der Waals surface area contributed by atoms with Gasteiger partial charge in [-0.15, -0.1) is 0 Å². The van der Waals surface area contributed by atoms with Crippen LogP contribution in [0.15, 0.2) is 24.3 Å². The van der Waals surface area contributed by atoms with Crippen molar-refractivity contribution in [2.75, 3.05) is 43.4 Å². The van der Waals surface area contributed by atoms with Crippen molar-refractivity contribution in [2.45, 2.75) is 25.4 Å². The molecule has 0 bridgehead atoms. The van der Waals surface area contributed by atoms with Gasteiger partial charge in [-0.3, -0.25) is 0 Å². The minimum Gasteiger partial charge on any atom is -0.370 e. The third-order valence-corrected chi connectivity index (χ3v) is 6.51. The summed E-state index contributed by atoms with van der Waals surface area (Å²) in [5.74, 6) is -0.154. The van der Waals surface area contributed by atoms with Crippen LogP contribution in [0.3, 0.4) is 0 Å². The number of sulfonamides is 1. The lowest BCUT2D eigenvalue weighted by Gasteiger charge is -2.48. The summed E-state index contributed by atoms with van der Waals surface area (Å²) >= 11 is 0. The van der Waals surface area contributed by atoms with Gasteiger partial charge >= 0.3 is 0 Å². The van der Waals surface area contributed by atoms with E-state index in [-0.39, 0.29) is 11.6 Å². The molecule has 1 atom stereocenters. The number of anilines is 1. The first-order valence-electron chi connectivity index (χ1n) is 8.06. The van der Waals surface area contributed by atoms with Crippen molar-refractivity contribution < 1.29 is 17.5 Å². The van der Waals surface area contributed by atoms with Crippen molar-refractivity contribution in [1.29, 1.82) is 0 Å². The van der Waals surface area contributed by atoms with Crippen LogP contribution >= 0.6 is 0 Å². The Morgan fingerprint density at radius 2 is 2.13 bits per heavy atom. The molecule has 2 fully saturated rings. The van der Waals surface area contributed by atoms with Crippen molar-refractivity contribution in [1.82, 2.24) is 4.31 Å². The number of morpholine rings is 1. The zero-order valence-electron chi connectivity index (χ0n) is 13.4. The summed E-state index contributed by atoms with van der Waals surface area (Å²) in [5.41, 5.74) is 0.327. The van der Waals surface area contributed by atoms with Gasteiger partial charge in [-0.2, -0.15) is 4.31 Å². The molecule has 0 saturated carbocycles. The van der Waals surface area contributed by atoms with E-state index < -0.39 is 15.6 Å². The first kappa shape index (κ1) is 16.7. The van der Waals surface area contributed by atoms with E-state index in [1.54, 1.807) is 17.3 Å². The van der Waals surface area contributed by atoms with E-state index in [9.17, 15) is 12.8 Å². The normalized spacial score (nSPS) is 26.6. The molecular weight excluding hydrogens is 319 g/mol. The SMILES string of the molecule is CCS(=O)(=O)N1CCOC2(CCCN(c3cccc(F)c3)C2)C1. The van der Waals surface area contributed by atoms with Crippen molar-refractivity contribution >= 4 is 15.7 Å². The fourth-order valence-corrected chi connectivity index (χ4v) is 4.62. The summed E-state index contributed by atoms with van der Waals surface area (Å²) in [4.78, 5) is 2.09. The standard InChI is InChI=1S/C16H23FN2O3S/c1-2-23(20,21)19-9-10-22-16(13-19)7-4-8-18(12-16)15-6-3-5-14(17)11-15/h3,5-6,11H,2,4,7-10,12-13H2,1H3. The highest BCUT2D eigenvalue weighted by Gasteiger charge is 2.43. The van der Waals surface area contributed by atoms with Crippen LogP contribution in [0.1, 0.15) is 19.8 Å². The highest BCUT2D eigenvalue weighted by molar-refractivity contribution is 7.89. The number of hydrogen-bond donors (Lipinski definition) is 0. The zero-order chi connectivity index (χ0) is 16.5. The zero-order valence-corrected chi connectivity index (χ0v) is 14.2. The average Bonchev–Trinajstić information content (AvgIpc) is 2.55. The molecule has 3 rings (SSSR count). The summed E-state index contributed by atoms with van der Waals surface area (Å²) in [6, 6.07) is 6.52. The van der Waals surface area contributed by atoms with E-state index in [0.717, 1.165) is 25.1 Å². The second-order valence-corrected chi connectivity index (χ2v) is 8.53. The van der Waals surface area contributed by atoms with Crippen LogP contribution in [0.25, 0.3) is 0 Å². The summed E-state index contributed by atoms with van der Waals surface area (Å²) in [6.07, 6.45) is 1.73. The van der Waals surface area contributed by atoms with E-state index in [1.807, 2.05) is 6.07 Å². The third kappa shape index (κ3) is 3.51. The predicted molar refractivity (Wildman–Crippen MR) is 87.6 cm³/mol. The van der Waals surface area contributed by atoms with Crippen LogP contribution < -0.4 is 4.90 Å². The number of benzene rings is 1. The Balaban J connectivity index is 1.79. The highest BCUT2D eigenvalue weighted by atomic mass is 32.2. The Hall–Kier alpha value is -1.18. The second kappa shape index (κ2) is 6.37. The molecule has 0 aromatic heterocycles. The number of ether oxygens (including phenoxy) is 1. The Morgan fingerprint density at radius 1 is 1.30 bits per heavy atom. The van der Waals surface area contributed by atoms with E-state index in [4.69, 9.17) is 4.74 Å². The summed E-state index contributed by atoms with van der Waals surface area (Å²) in [5, 5.41) is 0. The van der Waals surface area contributed by atoms with E-state index in [0.29, 0.717) is 26.2 Å². The van der Waals surface area contributed by atoms with Crippen molar-refractivity contribution in [2.24, 2.45) is 0 Å². The largest absolute Gasteiger partial charge is 0.370 e. The molecule has 0 aliphatic carbocycles. The lowest BCUT2D eigenvalue weighted by molar-refractivity contribution is -0.0949. The number of nitrogens with zero attached hydrogens (tertiary/aromatic N) is 2. The molecule has 7 heteroatoms. The van der Waals surface area contributed by atoms with Crippen molar-refractivity contribution in [3.63, 3.8) is 0 Å². The van der Waals surface area contributed by atoms with Gasteiger partial charge in [-0.25, -0.2) is 12.8 Å². The van der Waals surface area contributed by atoms with Crippen molar-refractivity contribution in [3.8, 4) is 0 Å². The molecule has 128 valence electrons. The minimum atomic E-state index is -3.21. The molecule has 0 N–H and O–H groups in total. The molecular formula is C16H23FN2O3S. The summed E-state index contributed by atoms with van der Waals surface area (Å²) < 4.78 is 45.4. The number of rotatable bonds is 3. The van der Waals surface area contributed by atoms with Crippen LogP contribution in [-0.2, 0) is 14.8 Å². The summed E-state index contributed by atoms with van der Waals surface area (Å²) in [7, 11) is -3.21. The van der Waals surface area contributed by atoms with Gasteiger partial charge < -0.3 is 9.64 Å². The van der Waals surface area contributed by atoms with Crippen LogP contribution in [0.5, 0.6) is 0 Å². The van der Waals surface area contributed by atoms with Crippen LogP contribution in [0.4, 0.5) is 10.1 Å². The molecule has 23 heavy (non-hydrogen) atoms. The molecule has 2 heterocycles. The van der Waals surface area contributed by atoms with E-state index >= 15 is 0 Å². The second-order valence-electron chi connectivity index (χ2n) is 6.27. The van der Waals surface area contributed by atoms with Gasteiger partial charge in [0.1, 0.15) is 5.82 Å². The minimum absolute atomic E-state index is 0.108. The van der Waals surface area contributed by atoms with Crippen LogP contribution in [0.2, 0.25) is 0 Å². The lowest BCUT2D eigenvalue weighted by Crippen LogP contribution is -2.61. The Morgan fingerprint density at radius 3 is 2.87 bits per heavy atom. The van der Waals surface area contributed by atoms with E-state index in [2.05, 4.69) is 4.90 Å². The van der Waals surface area contributed by atoms with Gasteiger partial charge in [-0.05, 0) is 38.0 Å². The number of piperidine rings is 1. The van der Waals surface area contributed by atoms with Crippen LogP contribution in [0, 0.1) is 5.82 Å². The van der Waals surface area contributed by atoms with E-state index in [1.165, 1.54) is 12.1 Å². The molecule has 0 amide bonds. The first-order valence-corrected chi connectivity index (χ1v) is 9.67. The topological polar surface area (TPSA) is 49.9 Å². The first-order chi connectivity index (χ1) is 10.9. The molecule has 1 aromatic carbocycles. The molecule has 2 aliphatic rings. The third-order valence-electron chi connectivity index (χ3n) is 4.68. The fraction of sp³-hybridized carbons (Fsp3) is 0.625. The molecule has 1 spiro atoms. The van der Waals surface area contributed by atoms with Gasteiger partial charge in [0.15, 0.2) is 0 Å². The van der Waals surface area contributed by atoms with Gasteiger partial charge in [0, 0.05) is 31.9 Å². The lowest BCUT2D eigenvalue weighted by atomic mass is 9.91.